The van der Waals surface area contributed by atoms with Crippen LogP contribution in [0.15, 0.2) is 42.6 Å². The van der Waals surface area contributed by atoms with Crippen molar-refractivity contribution in [3.05, 3.63) is 59.5 Å². The summed E-state index contributed by atoms with van der Waals surface area (Å²) in [6.45, 7) is 6.22. The molecule has 0 bridgehead atoms. The summed E-state index contributed by atoms with van der Waals surface area (Å²) < 4.78 is 1.78. The number of benzene rings is 1. The number of hydrogen-bond donors (Lipinski definition) is 1. The van der Waals surface area contributed by atoms with Gasteiger partial charge in [-0.3, -0.25) is 4.79 Å². The zero-order valence-electron chi connectivity index (χ0n) is 13.6. The maximum absolute atomic E-state index is 12.6. The average molecular weight is 308 g/mol. The number of nitrogens with one attached hydrogen (secondary N) is 1. The third-order valence-corrected chi connectivity index (χ3v) is 3.86. The van der Waals surface area contributed by atoms with Crippen molar-refractivity contribution < 1.29 is 4.79 Å². The molecule has 3 rings (SSSR count). The van der Waals surface area contributed by atoms with E-state index in [9.17, 15) is 4.79 Å². The van der Waals surface area contributed by atoms with E-state index < -0.39 is 0 Å². The summed E-state index contributed by atoms with van der Waals surface area (Å²) in [4.78, 5) is 17.0. The molecule has 0 fully saturated rings. The van der Waals surface area contributed by atoms with Crippen molar-refractivity contribution in [1.82, 2.24) is 14.6 Å². The van der Waals surface area contributed by atoms with Gasteiger partial charge in [0.05, 0.1) is 6.20 Å². The monoisotopic (exact) mass is 308 g/mol. The fourth-order valence-corrected chi connectivity index (χ4v) is 2.60. The maximum Gasteiger partial charge on any atom is 0.274 e. The molecule has 0 aliphatic heterocycles. The molecule has 0 aliphatic rings. The number of aromatic nitrogens is 3. The van der Waals surface area contributed by atoms with E-state index >= 15 is 0 Å². The molecule has 118 valence electrons. The summed E-state index contributed by atoms with van der Waals surface area (Å²) >= 11 is 0. The number of hydrogen-bond acceptors (Lipinski definition) is 3. The van der Waals surface area contributed by atoms with Gasteiger partial charge in [0.2, 0.25) is 0 Å². The number of fused-ring (bicyclic) bond motifs is 1. The Morgan fingerprint density at radius 3 is 2.78 bits per heavy atom. The summed E-state index contributed by atoms with van der Waals surface area (Å²) in [7, 11) is 0. The van der Waals surface area contributed by atoms with Crippen LogP contribution in [0.1, 0.15) is 48.4 Å². The Balaban J connectivity index is 1.98. The Morgan fingerprint density at radius 2 is 2.04 bits per heavy atom. The van der Waals surface area contributed by atoms with E-state index in [2.05, 4.69) is 36.2 Å². The van der Waals surface area contributed by atoms with E-state index in [0.29, 0.717) is 11.3 Å². The molecule has 0 radical (unpaired) electrons. The molecule has 0 saturated heterocycles. The van der Waals surface area contributed by atoms with Gasteiger partial charge in [0.1, 0.15) is 5.69 Å². The molecule has 2 aromatic heterocycles. The second-order valence-corrected chi connectivity index (χ2v) is 5.79. The molecular weight excluding hydrogens is 288 g/mol. The number of nitrogens with zero attached hydrogens (tertiary/aromatic N) is 3. The Kier molecular flexibility index (Phi) is 4.10. The molecule has 0 saturated carbocycles. The third-order valence-electron chi connectivity index (χ3n) is 3.86. The quantitative estimate of drug-likeness (QED) is 0.800. The van der Waals surface area contributed by atoms with Gasteiger partial charge in [-0.2, -0.15) is 5.10 Å². The Labute approximate surface area is 135 Å². The lowest BCUT2D eigenvalue weighted by atomic mass is 10.1. The minimum Gasteiger partial charge on any atom is -0.320 e. The highest BCUT2D eigenvalue weighted by Crippen LogP contribution is 2.19. The Morgan fingerprint density at radius 1 is 1.26 bits per heavy atom. The van der Waals surface area contributed by atoms with Gasteiger partial charge in [0.25, 0.3) is 5.91 Å². The van der Waals surface area contributed by atoms with Crippen LogP contribution in [0.25, 0.3) is 5.65 Å². The van der Waals surface area contributed by atoms with Gasteiger partial charge < -0.3 is 5.32 Å². The highest BCUT2D eigenvalue weighted by atomic mass is 16.1. The standard InChI is InChI=1S/C18H20N4O/c1-4-13-7-5-6-8-14(13)21-18(23)15-11-16(12(2)3)22-17(20-15)9-10-19-22/h5-12H,4H2,1-3H3,(H,21,23). The fourth-order valence-electron chi connectivity index (χ4n) is 2.60. The van der Waals surface area contributed by atoms with Crippen LogP contribution < -0.4 is 5.32 Å². The lowest BCUT2D eigenvalue weighted by Gasteiger charge is -2.12. The predicted octanol–water partition coefficient (Wildman–Crippen LogP) is 3.67. The van der Waals surface area contributed by atoms with Crippen LogP contribution in [0.2, 0.25) is 0 Å². The van der Waals surface area contributed by atoms with Crippen molar-refractivity contribution in [3.63, 3.8) is 0 Å². The van der Waals surface area contributed by atoms with Crippen LogP contribution in [-0.2, 0) is 6.42 Å². The first-order valence-electron chi connectivity index (χ1n) is 7.84. The SMILES string of the molecule is CCc1ccccc1NC(=O)c1cc(C(C)C)n2nccc2n1. The molecule has 1 aromatic carbocycles. The minimum absolute atomic E-state index is 0.198. The van der Waals surface area contributed by atoms with Crippen LogP contribution in [0.5, 0.6) is 0 Å². The minimum atomic E-state index is -0.198. The third kappa shape index (κ3) is 2.95. The molecular formula is C18H20N4O. The summed E-state index contributed by atoms with van der Waals surface area (Å²) in [6, 6.07) is 11.4. The predicted molar refractivity (Wildman–Crippen MR) is 90.8 cm³/mol. The largest absolute Gasteiger partial charge is 0.320 e. The van der Waals surface area contributed by atoms with Crippen molar-refractivity contribution in [2.24, 2.45) is 0 Å². The smallest absolute Gasteiger partial charge is 0.274 e. The van der Waals surface area contributed by atoms with Gasteiger partial charge in [0, 0.05) is 17.4 Å². The molecule has 0 unspecified atom stereocenters. The molecule has 0 aliphatic carbocycles. The van der Waals surface area contributed by atoms with Gasteiger partial charge in [0.15, 0.2) is 5.65 Å². The number of aryl methyl sites for hydroxylation is 1. The fraction of sp³-hybridized carbons (Fsp3) is 0.278. The van der Waals surface area contributed by atoms with Crippen LogP contribution in [-0.4, -0.2) is 20.5 Å². The van der Waals surface area contributed by atoms with Gasteiger partial charge in [-0.25, -0.2) is 9.50 Å². The zero-order chi connectivity index (χ0) is 16.4. The molecule has 3 aromatic rings. The van der Waals surface area contributed by atoms with Crippen molar-refractivity contribution >= 4 is 17.2 Å². The van der Waals surface area contributed by atoms with Crippen LogP contribution in [0.4, 0.5) is 5.69 Å². The van der Waals surface area contributed by atoms with Gasteiger partial charge >= 0.3 is 0 Å². The van der Waals surface area contributed by atoms with Crippen molar-refractivity contribution in [3.8, 4) is 0 Å². The summed E-state index contributed by atoms with van der Waals surface area (Å²) in [5.41, 5.74) is 4.00. The zero-order valence-corrected chi connectivity index (χ0v) is 13.6. The van der Waals surface area contributed by atoms with Gasteiger partial charge in [-0.15, -0.1) is 0 Å². The van der Waals surface area contributed by atoms with Crippen LogP contribution in [0.3, 0.4) is 0 Å². The topological polar surface area (TPSA) is 59.3 Å². The molecule has 0 spiro atoms. The van der Waals surface area contributed by atoms with E-state index in [1.165, 1.54) is 0 Å². The van der Waals surface area contributed by atoms with Crippen LogP contribution in [0, 0.1) is 0 Å². The number of carbonyl (C=O) groups excluding carboxylic acids is 1. The number of amides is 1. The van der Waals surface area contributed by atoms with Gasteiger partial charge in [-0.1, -0.05) is 39.0 Å². The van der Waals surface area contributed by atoms with Crippen molar-refractivity contribution in [2.75, 3.05) is 5.32 Å². The Bertz CT molecular complexity index is 851. The second-order valence-electron chi connectivity index (χ2n) is 5.79. The summed E-state index contributed by atoms with van der Waals surface area (Å²) in [6.07, 6.45) is 2.56. The highest BCUT2D eigenvalue weighted by Gasteiger charge is 2.15. The van der Waals surface area contributed by atoms with E-state index in [0.717, 1.165) is 23.4 Å². The first-order chi connectivity index (χ1) is 11.1. The van der Waals surface area contributed by atoms with E-state index in [1.54, 1.807) is 10.7 Å². The maximum atomic E-state index is 12.6. The van der Waals surface area contributed by atoms with Gasteiger partial charge in [-0.05, 0) is 30.0 Å². The molecule has 1 amide bonds. The molecule has 0 atom stereocenters. The normalized spacial score (nSPS) is 11.1. The van der Waals surface area contributed by atoms with Crippen LogP contribution >= 0.6 is 0 Å². The van der Waals surface area contributed by atoms with Crippen molar-refractivity contribution in [2.45, 2.75) is 33.1 Å². The molecule has 23 heavy (non-hydrogen) atoms. The lowest BCUT2D eigenvalue weighted by molar-refractivity contribution is 0.102. The van der Waals surface area contributed by atoms with E-state index in [4.69, 9.17) is 0 Å². The number of anilines is 1. The lowest BCUT2D eigenvalue weighted by Crippen LogP contribution is -2.17. The first-order valence-corrected chi connectivity index (χ1v) is 7.84. The molecule has 1 N–H and O–H groups in total. The number of para-hydroxylation sites is 1. The molecule has 5 heteroatoms. The van der Waals surface area contributed by atoms with E-state index in [1.807, 2.05) is 36.4 Å². The average Bonchev–Trinajstić information content (AvgIpc) is 3.02. The van der Waals surface area contributed by atoms with E-state index in [-0.39, 0.29) is 11.8 Å². The highest BCUT2D eigenvalue weighted by molar-refractivity contribution is 6.03. The molecule has 2 heterocycles. The summed E-state index contributed by atoms with van der Waals surface area (Å²) in [5.74, 6) is 0.0476. The van der Waals surface area contributed by atoms with Crippen molar-refractivity contribution in [1.29, 1.82) is 0 Å². The number of rotatable bonds is 4. The Hall–Kier alpha value is -2.69. The number of carbonyl (C=O) groups is 1. The molecule has 5 nitrogen and oxygen atoms in total. The summed E-state index contributed by atoms with van der Waals surface area (Å²) in [5, 5.41) is 7.24. The first kappa shape index (κ1) is 15.2. The second kappa shape index (κ2) is 6.20.